The predicted octanol–water partition coefficient (Wildman–Crippen LogP) is 3.53. The molecule has 0 bridgehead atoms. The van der Waals surface area contributed by atoms with Gasteiger partial charge in [0.2, 0.25) is 0 Å². The molecule has 0 unspecified atom stereocenters. The maximum absolute atomic E-state index is 12.3. The quantitative estimate of drug-likeness (QED) is 0.586. The number of carboxylic acid groups (broad SMARTS) is 1. The van der Waals surface area contributed by atoms with Gasteiger partial charge in [0.1, 0.15) is 12.6 Å². The van der Waals surface area contributed by atoms with Crippen LogP contribution in [-0.2, 0) is 20.9 Å². The van der Waals surface area contributed by atoms with Gasteiger partial charge in [-0.15, -0.1) is 0 Å². The molecule has 0 aliphatic heterocycles. The van der Waals surface area contributed by atoms with Crippen LogP contribution in [0.2, 0.25) is 0 Å². The molecule has 2 rings (SSSR count). The highest BCUT2D eigenvalue weighted by atomic mass is 79.9. The second kappa shape index (κ2) is 9.49. The molecule has 8 heteroatoms. The molecule has 0 spiro atoms. The van der Waals surface area contributed by atoms with Crippen molar-refractivity contribution < 1.29 is 24.2 Å². The molecule has 2 aromatic carbocycles. The van der Waals surface area contributed by atoms with Gasteiger partial charge in [0.25, 0.3) is 5.91 Å². The molecule has 2 aromatic rings. The van der Waals surface area contributed by atoms with E-state index in [9.17, 15) is 19.5 Å². The molecule has 0 radical (unpaired) electrons. The van der Waals surface area contributed by atoms with Crippen molar-refractivity contribution in [2.24, 2.45) is 0 Å². The fourth-order valence-electron chi connectivity index (χ4n) is 2.09. The molecule has 0 heterocycles. The number of amides is 1. The number of carboxylic acids is 1. The van der Waals surface area contributed by atoms with Crippen molar-refractivity contribution in [2.45, 2.75) is 19.1 Å². The summed E-state index contributed by atoms with van der Waals surface area (Å²) in [6.45, 7) is 0.0402. The van der Waals surface area contributed by atoms with Crippen molar-refractivity contribution in [3.05, 3.63) is 68.6 Å². The highest BCUT2D eigenvalue weighted by Gasteiger charge is 2.25. The standard InChI is InChI=1S/C18H15Br2NO5/c19-13-6-12(7-14(20)8-13)17(23)21-15(18(24)25)9-16(22)26-10-11-4-2-1-3-5-11/h1-8,15H,9-10H2,(H,21,23)(H,24,25)/t15-/m1/s1. The predicted molar refractivity (Wildman–Crippen MR) is 102 cm³/mol. The van der Waals surface area contributed by atoms with Crippen LogP contribution in [0.1, 0.15) is 22.3 Å². The van der Waals surface area contributed by atoms with Gasteiger partial charge in [-0.3, -0.25) is 9.59 Å². The SMILES string of the molecule is O=C(C[C@@H](NC(=O)c1cc(Br)cc(Br)c1)C(=O)O)OCc1ccccc1. The molecule has 2 N–H and O–H groups in total. The van der Waals surface area contributed by atoms with Crippen molar-refractivity contribution in [2.75, 3.05) is 0 Å². The second-order valence-electron chi connectivity index (χ2n) is 5.37. The lowest BCUT2D eigenvalue weighted by Crippen LogP contribution is -2.42. The van der Waals surface area contributed by atoms with Crippen LogP contribution >= 0.6 is 31.9 Å². The average Bonchev–Trinajstić information content (AvgIpc) is 2.59. The Bertz CT molecular complexity index is 790. The summed E-state index contributed by atoms with van der Waals surface area (Å²) in [5, 5.41) is 11.6. The number of esters is 1. The summed E-state index contributed by atoms with van der Waals surface area (Å²) in [5.41, 5.74) is 1.05. The Kier molecular flexibility index (Phi) is 7.35. The second-order valence-corrected chi connectivity index (χ2v) is 7.20. The van der Waals surface area contributed by atoms with Crippen LogP contribution in [0.15, 0.2) is 57.5 Å². The van der Waals surface area contributed by atoms with E-state index >= 15 is 0 Å². The summed E-state index contributed by atoms with van der Waals surface area (Å²) >= 11 is 6.52. The van der Waals surface area contributed by atoms with Gasteiger partial charge < -0.3 is 15.2 Å². The summed E-state index contributed by atoms with van der Waals surface area (Å²) < 4.78 is 6.38. The van der Waals surface area contributed by atoms with Crippen LogP contribution in [0, 0.1) is 0 Å². The molecular formula is C18H15Br2NO5. The maximum Gasteiger partial charge on any atom is 0.326 e. The van der Waals surface area contributed by atoms with Crippen LogP contribution in [0.5, 0.6) is 0 Å². The summed E-state index contributed by atoms with van der Waals surface area (Å²) in [6.07, 6.45) is -0.469. The van der Waals surface area contributed by atoms with Gasteiger partial charge in [-0.05, 0) is 23.8 Å². The number of benzene rings is 2. The Balaban J connectivity index is 1.96. The number of hydrogen-bond acceptors (Lipinski definition) is 4. The molecule has 0 saturated carbocycles. The van der Waals surface area contributed by atoms with E-state index in [1.165, 1.54) is 0 Å². The smallest absolute Gasteiger partial charge is 0.326 e. The zero-order valence-corrected chi connectivity index (χ0v) is 16.6. The summed E-state index contributed by atoms with van der Waals surface area (Å²) in [7, 11) is 0. The molecule has 1 amide bonds. The van der Waals surface area contributed by atoms with Gasteiger partial charge in [-0.2, -0.15) is 0 Å². The number of hydrogen-bond donors (Lipinski definition) is 2. The third-order valence-electron chi connectivity index (χ3n) is 3.34. The molecule has 1 atom stereocenters. The summed E-state index contributed by atoms with van der Waals surface area (Å²) in [6, 6.07) is 12.5. The summed E-state index contributed by atoms with van der Waals surface area (Å²) in [5.74, 6) is -2.63. The lowest BCUT2D eigenvalue weighted by atomic mass is 10.1. The van der Waals surface area contributed by atoms with E-state index in [0.717, 1.165) is 5.56 Å². The van der Waals surface area contributed by atoms with E-state index in [1.54, 1.807) is 42.5 Å². The third-order valence-corrected chi connectivity index (χ3v) is 4.26. The maximum atomic E-state index is 12.3. The zero-order valence-electron chi connectivity index (χ0n) is 13.4. The number of halogens is 2. The molecule has 26 heavy (non-hydrogen) atoms. The van der Waals surface area contributed by atoms with Crippen molar-refractivity contribution in [1.29, 1.82) is 0 Å². The monoisotopic (exact) mass is 483 g/mol. The molecule has 0 aromatic heterocycles. The van der Waals surface area contributed by atoms with Crippen LogP contribution in [0.25, 0.3) is 0 Å². The van der Waals surface area contributed by atoms with E-state index in [2.05, 4.69) is 37.2 Å². The lowest BCUT2D eigenvalue weighted by Gasteiger charge is -2.14. The first-order valence-electron chi connectivity index (χ1n) is 7.54. The molecule has 0 saturated heterocycles. The van der Waals surface area contributed by atoms with E-state index in [-0.39, 0.29) is 12.2 Å². The fourth-order valence-corrected chi connectivity index (χ4v) is 3.38. The number of ether oxygens (including phenoxy) is 1. The van der Waals surface area contributed by atoms with E-state index < -0.39 is 30.3 Å². The first kappa shape index (κ1) is 20.1. The number of carbonyl (C=O) groups excluding carboxylic acids is 2. The minimum atomic E-state index is -1.39. The average molecular weight is 485 g/mol. The fraction of sp³-hybridized carbons (Fsp3) is 0.167. The number of aliphatic carboxylic acids is 1. The number of nitrogens with one attached hydrogen (secondary N) is 1. The van der Waals surface area contributed by atoms with Crippen molar-refractivity contribution in [1.82, 2.24) is 5.32 Å². The highest BCUT2D eigenvalue weighted by Crippen LogP contribution is 2.20. The van der Waals surface area contributed by atoms with Crippen molar-refractivity contribution >= 4 is 49.7 Å². The molecule has 0 aliphatic rings. The first-order valence-corrected chi connectivity index (χ1v) is 9.13. The van der Waals surface area contributed by atoms with Gasteiger partial charge in [0.15, 0.2) is 0 Å². The van der Waals surface area contributed by atoms with Crippen molar-refractivity contribution in [3.8, 4) is 0 Å². The third kappa shape index (κ3) is 6.27. The van der Waals surface area contributed by atoms with E-state index in [0.29, 0.717) is 8.95 Å². The Morgan fingerprint density at radius 2 is 1.65 bits per heavy atom. The summed E-state index contributed by atoms with van der Waals surface area (Å²) in [4.78, 5) is 35.5. The highest BCUT2D eigenvalue weighted by molar-refractivity contribution is 9.11. The Labute approximate surface area is 166 Å². The Morgan fingerprint density at radius 3 is 2.23 bits per heavy atom. The molecule has 0 aliphatic carbocycles. The Morgan fingerprint density at radius 1 is 1.04 bits per heavy atom. The molecule has 0 fully saturated rings. The normalized spacial score (nSPS) is 11.5. The Hall–Kier alpha value is -2.19. The largest absolute Gasteiger partial charge is 0.480 e. The minimum Gasteiger partial charge on any atom is -0.480 e. The van der Waals surface area contributed by atoms with Gasteiger partial charge in [-0.25, -0.2) is 4.79 Å². The van der Waals surface area contributed by atoms with Gasteiger partial charge in [0.05, 0.1) is 6.42 Å². The molecule has 6 nitrogen and oxygen atoms in total. The first-order chi connectivity index (χ1) is 12.3. The van der Waals surface area contributed by atoms with Gasteiger partial charge >= 0.3 is 11.9 Å². The number of carbonyl (C=O) groups is 3. The van der Waals surface area contributed by atoms with Crippen LogP contribution in [0.3, 0.4) is 0 Å². The van der Waals surface area contributed by atoms with Crippen molar-refractivity contribution in [3.63, 3.8) is 0 Å². The van der Waals surface area contributed by atoms with Crippen LogP contribution < -0.4 is 5.32 Å². The molecule has 136 valence electrons. The minimum absolute atomic E-state index is 0.0402. The molecular weight excluding hydrogens is 470 g/mol. The van der Waals surface area contributed by atoms with Gasteiger partial charge in [-0.1, -0.05) is 62.2 Å². The van der Waals surface area contributed by atoms with E-state index in [4.69, 9.17) is 4.74 Å². The number of rotatable bonds is 7. The van der Waals surface area contributed by atoms with Gasteiger partial charge in [0, 0.05) is 14.5 Å². The lowest BCUT2D eigenvalue weighted by molar-refractivity contribution is -0.150. The van der Waals surface area contributed by atoms with E-state index in [1.807, 2.05) is 6.07 Å². The topological polar surface area (TPSA) is 92.7 Å². The van der Waals surface area contributed by atoms with Crippen LogP contribution in [0.4, 0.5) is 0 Å². The van der Waals surface area contributed by atoms with Crippen LogP contribution in [-0.4, -0.2) is 29.0 Å². The zero-order chi connectivity index (χ0) is 19.1.